The van der Waals surface area contributed by atoms with E-state index in [-0.39, 0.29) is 11.4 Å². The molecular weight excluding hydrogens is 240 g/mol. The second-order valence-electron chi connectivity index (χ2n) is 5.55. The number of ether oxygens (including phenoxy) is 1. The van der Waals surface area contributed by atoms with Gasteiger partial charge in [-0.2, -0.15) is 0 Å². The summed E-state index contributed by atoms with van der Waals surface area (Å²) in [4.78, 5) is 13.8. The zero-order chi connectivity index (χ0) is 14.5. The molecule has 106 valence electrons. The molecule has 0 saturated carbocycles. The van der Waals surface area contributed by atoms with E-state index in [0.717, 1.165) is 5.69 Å². The van der Waals surface area contributed by atoms with E-state index in [1.54, 1.807) is 19.1 Å². The molecule has 1 amide bonds. The van der Waals surface area contributed by atoms with Gasteiger partial charge < -0.3 is 15.0 Å². The zero-order valence-electron chi connectivity index (χ0n) is 12.5. The Morgan fingerprint density at radius 2 is 1.95 bits per heavy atom. The lowest BCUT2D eigenvalue weighted by molar-refractivity contribution is -0.118. The first-order valence-electron chi connectivity index (χ1n) is 6.50. The summed E-state index contributed by atoms with van der Waals surface area (Å²) in [6.45, 7) is 6.92. The number of nitrogens with one attached hydrogen (secondary N) is 1. The molecule has 0 unspecified atom stereocenters. The lowest BCUT2D eigenvalue weighted by atomic mass is 10.1. The summed E-state index contributed by atoms with van der Waals surface area (Å²) in [5.74, 6) is 0.781. The van der Waals surface area contributed by atoms with E-state index in [0.29, 0.717) is 18.7 Å². The lowest BCUT2D eigenvalue weighted by Crippen LogP contribution is -2.39. The van der Waals surface area contributed by atoms with Crippen molar-refractivity contribution in [1.29, 1.82) is 0 Å². The molecule has 0 aliphatic carbocycles. The number of hydrogen-bond acceptors (Lipinski definition) is 3. The van der Waals surface area contributed by atoms with Crippen molar-refractivity contribution in [1.82, 2.24) is 5.32 Å². The first-order valence-corrected chi connectivity index (χ1v) is 6.50. The van der Waals surface area contributed by atoms with E-state index >= 15 is 0 Å². The summed E-state index contributed by atoms with van der Waals surface area (Å²) in [6.07, 6.45) is 0.464. The third-order valence-electron chi connectivity index (χ3n) is 2.81. The van der Waals surface area contributed by atoms with Crippen molar-refractivity contribution in [3.05, 3.63) is 24.3 Å². The molecule has 4 heteroatoms. The van der Waals surface area contributed by atoms with Gasteiger partial charge in [-0.3, -0.25) is 4.79 Å². The summed E-state index contributed by atoms with van der Waals surface area (Å²) in [6, 6.07) is 7.53. The van der Waals surface area contributed by atoms with Gasteiger partial charge in [-0.25, -0.2) is 0 Å². The van der Waals surface area contributed by atoms with Gasteiger partial charge in [0, 0.05) is 25.6 Å². The highest BCUT2D eigenvalue weighted by Crippen LogP contribution is 2.26. The Bertz CT molecular complexity index is 424. The second-order valence-corrected chi connectivity index (χ2v) is 5.55. The van der Waals surface area contributed by atoms with Crippen molar-refractivity contribution in [2.45, 2.75) is 32.7 Å². The van der Waals surface area contributed by atoms with Crippen LogP contribution in [0.25, 0.3) is 0 Å². The quantitative estimate of drug-likeness (QED) is 0.888. The molecule has 19 heavy (non-hydrogen) atoms. The van der Waals surface area contributed by atoms with Gasteiger partial charge in [0.15, 0.2) is 0 Å². The van der Waals surface area contributed by atoms with E-state index in [1.807, 2.05) is 24.3 Å². The molecule has 0 aliphatic heterocycles. The van der Waals surface area contributed by atoms with Gasteiger partial charge in [0.2, 0.25) is 5.91 Å². The SMILES string of the molecule is COc1ccccc1N(C)C(=O)CCNC(C)(C)C. The molecule has 0 aliphatic rings. The van der Waals surface area contributed by atoms with Gasteiger partial charge in [0.1, 0.15) is 5.75 Å². The number of benzene rings is 1. The van der Waals surface area contributed by atoms with Gasteiger partial charge in [0.05, 0.1) is 12.8 Å². The molecule has 1 aromatic rings. The fourth-order valence-electron chi connectivity index (χ4n) is 1.75. The molecule has 4 nitrogen and oxygen atoms in total. The highest BCUT2D eigenvalue weighted by Gasteiger charge is 2.15. The summed E-state index contributed by atoms with van der Waals surface area (Å²) in [5.41, 5.74) is 0.828. The molecular formula is C15H24N2O2. The van der Waals surface area contributed by atoms with Crippen LogP contribution in [-0.2, 0) is 4.79 Å². The minimum atomic E-state index is 0.0310. The molecule has 1 rings (SSSR count). The first-order chi connectivity index (χ1) is 8.85. The number of nitrogens with zero attached hydrogens (tertiary/aromatic N) is 1. The van der Waals surface area contributed by atoms with Gasteiger partial charge in [-0.15, -0.1) is 0 Å². The fourth-order valence-corrected chi connectivity index (χ4v) is 1.75. The van der Waals surface area contributed by atoms with Gasteiger partial charge in [0.25, 0.3) is 0 Å². The average Bonchev–Trinajstić information content (AvgIpc) is 2.36. The largest absolute Gasteiger partial charge is 0.495 e. The van der Waals surface area contributed by atoms with Crippen LogP contribution in [0.15, 0.2) is 24.3 Å². The zero-order valence-corrected chi connectivity index (χ0v) is 12.5. The Kier molecular flexibility index (Phi) is 5.36. The average molecular weight is 264 g/mol. The number of rotatable bonds is 5. The summed E-state index contributed by atoms with van der Waals surface area (Å²) < 4.78 is 5.27. The Labute approximate surface area is 115 Å². The molecule has 0 heterocycles. The van der Waals surface area contributed by atoms with Crippen molar-refractivity contribution in [3.8, 4) is 5.75 Å². The Morgan fingerprint density at radius 1 is 1.32 bits per heavy atom. The van der Waals surface area contributed by atoms with Crippen LogP contribution in [0, 0.1) is 0 Å². The Hall–Kier alpha value is -1.55. The Morgan fingerprint density at radius 3 is 2.53 bits per heavy atom. The van der Waals surface area contributed by atoms with E-state index < -0.39 is 0 Å². The number of para-hydroxylation sites is 2. The minimum absolute atomic E-state index is 0.0310. The molecule has 0 saturated heterocycles. The normalized spacial score (nSPS) is 11.2. The monoisotopic (exact) mass is 264 g/mol. The molecule has 0 spiro atoms. The number of methoxy groups -OCH3 is 1. The molecule has 0 radical (unpaired) electrons. The molecule has 0 aromatic heterocycles. The van der Waals surface area contributed by atoms with Crippen LogP contribution < -0.4 is 15.0 Å². The first kappa shape index (κ1) is 15.5. The van der Waals surface area contributed by atoms with Crippen LogP contribution in [0.4, 0.5) is 5.69 Å². The predicted octanol–water partition coefficient (Wildman–Crippen LogP) is 2.44. The maximum Gasteiger partial charge on any atom is 0.228 e. The molecule has 1 aromatic carbocycles. The van der Waals surface area contributed by atoms with Crippen molar-refractivity contribution in [3.63, 3.8) is 0 Å². The number of carbonyl (C=O) groups is 1. The summed E-state index contributed by atoms with van der Waals surface area (Å²) in [7, 11) is 3.38. The van der Waals surface area contributed by atoms with Gasteiger partial charge >= 0.3 is 0 Å². The van der Waals surface area contributed by atoms with Crippen LogP contribution in [-0.4, -0.2) is 32.1 Å². The van der Waals surface area contributed by atoms with Gasteiger partial charge in [-0.1, -0.05) is 12.1 Å². The van der Waals surface area contributed by atoms with E-state index in [9.17, 15) is 4.79 Å². The van der Waals surface area contributed by atoms with Crippen LogP contribution in [0.3, 0.4) is 0 Å². The molecule has 0 bridgehead atoms. The van der Waals surface area contributed by atoms with Crippen LogP contribution in [0.2, 0.25) is 0 Å². The highest BCUT2D eigenvalue weighted by atomic mass is 16.5. The number of amides is 1. The maximum atomic E-state index is 12.1. The molecule has 1 N–H and O–H groups in total. The predicted molar refractivity (Wildman–Crippen MR) is 78.8 cm³/mol. The third kappa shape index (κ3) is 4.91. The van der Waals surface area contributed by atoms with Crippen molar-refractivity contribution in [2.24, 2.45) is 0 Å². The van der Waals surface area contributed by atoms with Crippen molar-refractivity contribution in [2.75, 3.05) is 25.6 Å². The van der Waals surface area contributed by atoms with Gasteiger partial charge in [-0.05, 0) is 32.9 Å². The number of hydrogen-bond donors (Lipinski definition) is 1. The lowest BCUT2D eigenvalue weighted by Gasteiger charge is -2.23. The molecule has 0 fully saturated rings. The fraction of sp³-hybridized carbons (Fsp3) is 0.533. The van der Waals surface area contributed by atoms with Crippen LogP contribution in [0.1, 0.15) is 27.2 Å². The summed E-state index contributed by atoms with van der Waals surface area (Å²) in [5, 5.41) is 3.31. The minimum Gasteiger partial charge on any atom is -0.495 e. The summed E-state index contributed by atoms with van der Waals surface area (Å²) >= 11 is 0. The number of carbonyl (C=O) groups excluding carboxylic acids is 1. The smallest absolute Gasteiger partial charge is 0.228 e. The number of anilines is 1. The maximum absolute atomic E-state index is 12.1. The third-order valence-corrected chi connectivity index (χ3v) is 2.81. The van der Waals surface area contributed by atoms with E-state index in [4.69, 9.17) is 4.74 Å². The highest BCUT2D eigenvalue weighted by molar-refractivity contribution is 5.94. The van der Waals surface area contributed by atoms with Crippen LogP contribution in [0.5, 0.6) is 5.75 Å². The topological polar surface area (TPSA) is 41.6 Å². The van der Waals surface area contributed by atoms with Crippen molar-refractivity contribution >= 4 is 11.6 Å². The van der Waals surface area contributed by atoms with Crippen LogP contribution >= 0.6 is 0 Å². The molecule has 0 atom stereocenters. The van der Waals surface area contributed by atoms with E-state index in [2.05, 4.69) is 26.1 Å². The van der Waals surface area contributed by atoms with Crippen molar-refractivity contribution < 1.29 is 9.53 Å². The standard InChI is InChI=1S/C15H24N2O2/c1-15(2,3)16-11-10-14(18)17(4)12-8-6-7-9-13(12)19-5/h6-9,16H,10-11H2,1-5H3. The Balaban J connectivity index is 2.62. The van der Waals surface area contributed by atoms with E-state index in [1.165, 1.54) is 0 Å². The second kappa shape index (κ2) is 6.57.